The summed E-state index contributed by atoms with van der Waals surface area (Å²) in [6.07, 6.45) is 0. The van der Waals surface area contributed by atoms with Gasteiger partial charge in [-0.15, -0.1) is 11.3 Å². The normalized spacial score (nSPS) is 10.4. The average molecular weight is 228 g/mol. The van der Waals surface area contributed by atoms with E-state index in [1.54, 1.807) is 6.07 Å². The molecular formula is C7H6ClN5S. The molecule has 0 aromatic carbocycles. The fourth-order valence-corrected chi connectivity index (χ4v) is 2.04. The minimum absolute atomic E-state index is 0.0944. The molecule has 72 valence electrons. The summed E-state index contributed by atoms with van der Waals surface area (Å²) in [6.45, 7) is 0. The van der Waals surface area contributed by atoms with Crippen molar-refractivity contribution in [3.05, 3.63) is 16.5 Å². The van der Waals surface area contributed by atoms with Crippen molar-refractivity contribution in [1.29, 1.82) is 0 Å². The molecule has 0 unspecified atom stereocenters. The summed E-state index contributed by atoms with van der Waals surface area (Å²) in [5.41, 5.74) is 10.9. The first-order valence-electron chi connectivity index (χ1n) is 3.67. The Morgan fingerprint density at radius 3 is 2.29 bits per heavy atom. The number of nitrogens with zero attached hydrogens (tertiary/aromatic N) is 3. The van der Waals surface area contributed by atoms with Gasteiger partial charge in [0.1, 0.15) is 0 Å². The maximum atomic E-state index is 5.91. The zero-order valence-corrected chi connectivity index (χ0v) is 8.51. The fraction of sp³-hybridized carbons (Fsp3) is 0. The molecule has 0 spiro atoms. The smallest absolute Gasteiger partial charge is 0.225 e. The summed E-state index contributed by atoms with van der Waals surface area (Å²) < 4.78 is 0. The zero-order chi connectivity index (χ0) is 10.1. The maximum Gasteiger partial charge on any atom is 0.225 e. The van der Waals surface area contributed by atoms with Crippen LogP contribution >= 0.6 is 22.9 Å². The first-order valence-corrected chi connectivity index (χ1v) is 4.93. The Morgan fingerprint density at radius 2 is 1.79 bits per heavy atom. The van der Waals surface area contributed by atoms with Crippen molar-refractivity contribution in [2.45, 2.75) is 0 Å². The van der Waals surface area contributed by atoms with Crippen molar-refractivity contribution < 1.29 is 0 Å². The van der Waals surface area contributed by atoms with Gasteiger partial charge in [-0.25, -0.2) is 0 Å². The lowest BCUT2D eigenvalue weighted by Crippen LogP contribution is -2.03. The predicted octanol–water partition coefficient (Wildman–Crippen LogP) is 1.42. The number of thiophene rings is 1. The van der Waals surface area contributed by atoms with Crippen LogP contribution < -0.4 is 11.5 Å². The van der Waals surface area contributed by atoms with Gasteiger partial charge in [-0.1, -0.05) is 11.6 Å². The molecule has 2 rings (SSSR count). The molecule has 0 atom stereocenters. The van der Waals surface area contributed by atoms with Crippen molar-refractivity contribution in [3.8, 4) is 10.7 Å². The van der Waals surface area contributed by atoms with Crippen LogP contribution in [0.15, 0.2) is 11.4 Å². The third kappa shape index (κ3) is 1.61. The predicted molar refractivity (Wildman–Crippen MR) is 57.0 cm³/mol. The number of nitrogens with two attached hydrogens (primary N) is 2. The van der Waals surface area contributed by atoms with Gasteiger partial charge in [-0.05, 0) is 11.4 Å². The molecule has 0 fully saturated rings. The summed E-state index contributed by atoms with van der Waals surface area (Å²) >= 11 is 7.33. The Hall–Kier alpha value is -1.40. The van der Waals surface area contributed by atoms with Gasteiger partial charge in [0.25, 0.3) is 0 Å². The van der Waals surface area contributed by atoms with Gasteiger partial charge in [0, 0.05) is 0 Å². The molecule has 0 aliphatic rings. The van der Waals surface area contributed by atoms with E-state index in [1.807, 2.05) is 5.38 Å². The molecule has 7 heteroatoms. The highest BCUT2D eigenvalue weighted by Gasteiger charge is 2.09. The van der Waals surface area contributed by atoms with E-state index < -0.39 is 0 Å². The van der Waals surface area contributed by atoms with Gasteiger partial charge in [0.2, 0.25) is 11.9 Å². The summed E-state index contributed by atoms with van der Waals surface area (Å²) in [4.78, 5) is 12.3. The summed E-state index contributed by atoms with van der Waals surface area (Å²) in [6, 6.07) is 1.76. The molecular weight excluding hydrogens is 222 g/mol. The highest BCUT2D eigenvalue weighted by Crippen LogP contribution is 2.30. The number of hydrogen-bond donors (Lipinski definition) is 2. The quantitative estimate of drug-likeness (QED) is 0.769. The number of nitrogen functional groups attached to an aromatic ring is 2. The van der Waals surface area contributed by atoms with Crippen LogP contribution in [0.2, 0.25) is 5.02 Å². The van der Waals surface area contributed by atoms with Crippen LogP contribution in [0.1, 0.15) is 0 Å². The second-order valence-electron chi connectivity index (χ2n) is 2.47. The number of rotatable bonds is 1. The molecule has 2 aromatic heterocycles. The summed E-state index contributed by atoms with van der Waals surface area (Å²) in [7, 11) is 0. The van der Waals surface area contributed by atoms with Crippen LogP contribution in [0.3, 0.4) is 0 Å². The number of halogens is 1. The maximum absolute atomic E-state index is 5.91. The van der Waals surface area contributed by atoms with E-state index in [4.69, 9.17) is 23.1 Å². The third-order valence-corrected chi connectivity index (χ3v) is 2.83. The minimum atomic E-state index is 0.0944. The average Bonchev–Trinajstić information content (AvgIpc) is 2.49. The summed E-state index contributed by atoms with van der Waals surface area (Å²) in [5, 5.41) is 2.42. The third-order valence-electron chi connectivity index (χ3n) is 1.49. The van der Waals surface area contributed by atoms with Gasteiger partial charge in [0.15, 0.2) is 5.82 Å². The van der Waals surface area contributed by atoms with E-state index in [0.717, 1.165) is 4.88 Å². The van der Waals surface area contributed by atoms with E-state index in [0.29, 0.717) is 10.8 Å². The second kappa shape index (κ2) is 3.39. The highest BCUT2D eigenvalue weighted by atomic mass is 35.5. The van der Waals surface area contributed by atoms with E-state index in [9.17, 15) is 0 Å². The summed E-state index contributed by atoms with van der Waals surface area (Å²) in [5.74, 6) is 0.601. The SMILES string of the molecule is Nc1nc(N)nc(-c2sccc2Cl)n1. The minimum Gasteiger partial charge on any atom is -0.368 e. The Bertz CT molecular complexity index is 449. The highest BCUT2D eigenvalue weighted by molar-refractivity contribution is 7.14. The van der Waals surface area contributed by atoms with Gasteiger partial charge in [-0.2, -0.15) is 15.0 Å². The molecule has 5 nitrogen and oxygen atoms in total. The topological polar surface area (TPSA) is 90.7 Å². The van der Waals surface area contributed by atoms with Crippen LogP contribution in [0.25, 0.3) is 10.7 Å². The van der Waals surface area contributed by atoms with Gasteiger partial charge in [0.05, 0.1) is 9.90 Å². The Kier molecular flexibility index (Phi) is 2.22. The molecule has 0 radical (unpaired) electrons. The largest absolute Gasteiger partial charge is 0.368 e. The molecule has 0 bridgehead atoms. The Balaban J connectivity index is 2.57. The molecule has 0 aliphatic carbocycles. The van der Waals surface area contributed by atoms with Crippen molar-refractivity contribution in [2.24, 2.45) is 0 Å². The standard InChI is InChI=1S/C7H6ClN5S/c8-3-1-2-14-4(3)5-11-6(9)13-7(10)12-5/h1-2H,(H4,9,10,11,12,13). The molecule has 2 aromatic rings. The molecule has 0 saturated carbocycles. The van der Waals surface area contributed by atoms with Crippen LogP contribution in [-0.4, -0.2) is 15.0 Å². The van der Waals surface area contributed by atoms with Gasteiger partial charge < -0.3 is 11.5 Å². The van der Waals surface area contributed by atoms with E-state index in [2.05, 4.69) is 15.0 Å². The number of anilines is 2. The van der Waals surface area contributed by atoms with E-state index in [1.165, 1.54) is 11.3 Å². The molecule has 14 heavy (non-hydrogen) atoms. The van der Waals surface area contributed by atoms with Gasteiger partial charge in [-0.3, -0.25) is 0 Å². The lowest BCUT2D eigenvalue weighted by Gasteiger charge is -1.99. The lowest BCUT2D eigenvalue weighted by molar-refractivity contribution is 1.09. The Morgan fingerprint density at radius 1 is 1.14 bits per heavy atom. The van der Waals surface area contributed by atoms with Crippen molar-refractivity contribution in [3.63, 3.8) is 0 Å². The van der Waals surface area contributed by atoms with Crippen LogP contribution in [-0.2, 0) is 0 Å². The molecule has 2 heterocycles. The first-order chi connectivity index (χ1) is 6.66. The van der Waals surface area contributed by atoms with Crippen LogP contribution in [0, 0.1) is 0 Å². The number of hydrogen-bond acceptors (Lipinski definition) is 6. The number of aromatic nitrogens is 3. The fourth-order valence-electron chi connectivity index (χ4n) is 0.964. The zero-order valence-electron chi connectivity index (χ0n) is 6.94. The first kappa shape index (κ1) is 9.17. The molecule has 0 amide bonds. The van der Waals surface area contributed by atoms with Gasteiger partial charge >= 0.3 is 0 Å². The van der Waals surface area contributed by atoms with Crippen LogP contribution in [0.5, 0.6) is 0 Å². The molecule has 0 saturated heterocycles. The van der Waals surface area contributed by atoms with Crippen LogP contribution in [0.4, 0.5) is 11.9 Å². The molecule has 0 aliphatic heterocycles. The van der Waals surface area contributed by atoms with E-state index >= 15 is 0 Å². The monoisotopic (exact) mass is 227 g/mol. The van der Waals surface area contributed by atoms with E-state index in [-0.39, 0.29) is 11.9 Å². The van der Waals surface area contributed by atoms with Crippen molar-refractivity contribution >= 4 is 34.8 Å². The Labute approximate surface area is 88.8 Å². The second-order valence-corrected chi connectivity index (χ2v) is 3.80. The van der Waals surface area contributed by atoms with Crippen molar-refractivity contribution in [2.75, 3.05) is 11.5 Å². The van der Waals surface area contributed by atoms with Crippen molar-refractivity contribution in [1.82, 2.24) is 15.0 Å². The lowest BCUT2D eigenvalue weighted by atomic mass is 10.4. The molecule has 4 N–H and O–H groups in total.